The van der Waals surface area contributed by atoms with Crippen LogP contribution in [0.25, 0.3) is 0 Å². The molecule has 2 N–H and O–H groups in total. The van der Waals surface area contributed by atoms with E-state index in [2.05, 4.69) is 21.2 Å². The van der Waals surface area contributed by atoms with Crippen LogP contribution in [-0.2, 0) is 4.79 Å². The van der Waals surface area contributed by atoms with Crippen molar-refractivity contribution < 1.29 is 19.4 Å². The third-order valence-corrected chi connectivity index (χ3v) is 2.53. The zero-order chi connectivity index (χ0) is 12.8. The van der Waals surface area contributed by atoms with E-state index in [0.29, 0.717) is 0 Å². The van der Waals surface area contributed by atoms with Crippen LogP contribution in [0.4, 0.5) is 0 Å². The molecule has 0 aliphatic carbocycles. The molecule has 0 saturated carbocycles. The van der Waals surface area contributed by atoms with Crippen molar-refractivity contribution in [3.8, 4) is 5.75 Å². The molecule has 0 spiro atoms. The first-order chi connectivity index (χ1) is 8.04. The lowest BCUT2D eigenvalue weighted by atomic mass is 10.2. The van der Waals surface area contributed by atoms with E-state index in [1.807, 2.05) is 0 Å². The van der Waals surface area contributed by atoms with Crippen molar-refractivity contribution in [2.24, 2.45) is 0 Å². The van der Waals surface area contributed by atoms with Crippen LogP contribution in [0.5, 0.6) is 5.75 Å². The van der Waals surface area contributed by atoms with Crippen molar-refractivity contribution in [3.63, 3.8) is 0 Å². The van der Waals surface area contributed by atoms with Crippen molar-refractivity contribution in [3.05, 3.63) is 28.2 Å². The first kappa shape index (κ1) is 13.5. The lowest BCUT2D eigenvalue weighted by molar-refractivity contribution is -0.121. The van der Waals surface area contributed by atoms with Gasteiger partial charge >= 0.3 is 5.97 Å². The summed E-state index contributed by atoms with van der Waals surface area (Å²) in [4.78, 5) is 21.9. The summed E-state index contributed by atoms with van der Waals surface area (Å²) in [6.07, 6.45) is 0.183. The average molecular weight is 302 g/mol. The smallest absolute Gasteiger partial charge is 0.339 e. The van der Waals surface area contributed by atoms with Crippen LogP contribution in [0.15, 0.2) is 22.7 Å². The van der Waals surface area contributed by atoms with Crippen molar-refractivity contribution in [2.75, 3.05) is 13.7 Å². The summed E-state index contributed by atoms with van der Waals surface area (Å²) < 4.78 is 6.00. The number of benzene rings is 1. The predicted octanol–water partition coefficient (Wildman–Crippen LogP) is 1.66. The number of nitrogens with one attached hydrogen (secondary N) is 1. The van der Waals surface area contributed by atoms with Gasteiger partial charge in [-0.25, -0.2) is 4.79 Å². The fourth-order valence-electron chi connectivity index (χ4n) is 1.17. The van der Waals surface area contributed by atoms with E-state index in [1.54, 1.807) is 12.1 Å². The number of carboxylic acid groups (broad SMARTS) is 1. The molecule has 6 heteroatoms. The van der Waals surface area contributed by atoms with E-state index in [-0.39, 0.29) is 30.2 Å². The Morgan fingerprint density at radius 2 is 2.18 bits per heavy atom. The van der Waals surface area contributed by atoms with Gasteiger partial charge in [-0.05, 0) is 18.2 Å². The van der Waals surface area contributed by atoms with Crippen molar-refractivity contribution in [1.29, 1.82) is 0 Å². The molecule has 0 bridgehead atoms. The van der Waals surface area contributed by atoms with E-state index in [9.17, 15) is 9.59 Å². The molecular weight excluding hydrogens is 290 g/mol. The zero-order valence-corrected chi connectivity index (χ0v) is 10.8. The maximum Gasteiger partial charge on any atom is 0.339 e. The van der Waals surface area contributed by atoms with E-state index >= 15 is 0 Å². The highest BCUT2D eigenvalue weighted by molar-refractivity contribution is 9.10. The van der Waals surface area contributed by atoms with Gasteiger partial charge in [-0.2, -0.15) is 0 Å². The Bertz CT molecular complexity index is 433. The SMILES string of the molecule is CNC(=O)CCOc1cc(Br)ccc1C(=O)O. The highest BCUT2D eigenvalue weighted by Gasteiger charge is 2.11. The molecule has 0 heterocycles. The molecule has 0 fully saturated rings. The largest absolute Gasteiger partial charge is 0.492 e. The number of hydrogen-bond donors (Lipinski definition) is 2. The molecule has 17 heavy (non-hydrogen) atoms. The molecule has 0 radical (unpaired) electrons. The van der Waals surface area contributed by atoms with E-state index in [1.165, 1.54) is 13.1 Å². The summed E-state index contributed by atoms with van der Waals surface area (Å²) in [5.41, 5.74) is 0.0742. The first-order valence-corrected chi connectivity index (χ1v) is 5.70. The molecule has 0 aliphatic rings. The zero-order valence-electron chi connectivity index (χ0n) is 9.20. The van der Waals surface area contributed by atoms with E-state index < -0.39 is 5.97 Å². The number of aromatic carboxylic acids is 1. The monoisotopic (exact) mass is 301 g/mol. The summed E-state index contributed by atoms with van der Waals surface area (Å²) in [6, 6.07) is 4.63. The van der Waals surface area contributed by atoms with E-state index in [4.69, 9.17) is 9.84 Å². The molecule has 1 aromatic carbocycles. The van der Waals surface area contributed by atoms with Gasteiger partial charge < -0.3 is 15.2 Å². The average Bonchev–Trinajstić information content (AvgIpc) is 2.28. The molecule has 5 nitrogen and oxygen atoms in total. The second-order valence-corrected chi connectivity index (χ2v) is 4.13. The molecule has 0 unspecified atom stereocenters. The number of carbonyl (C=O) groups is 2. The topological polar surface area (TPSA) is 75.6 Å². The lowest BCUT2D eigenvalue weighted by Gasteiger charge is -2.09. The van der Waals surface area contributed by atoms with Gasteiger partial charge in [0.05, 0.1) is 13.0 Å². The summed E-state index contributed by atoms with van der Waals surface area (Å²) in [5.74, 6) is -0.972. The van der Waals surface area contributed by atoms with Crippen LogP contribution in [0, 0.1) is 0 Å². The fourth-order valence-corrected chi connectivity index (χ4v) is 1.51. The number of carboxylic acids is 1. The van der Waals surface area contributed by atoms with Crippen LogP contribution in [0.2, 0.25) is 0 Å². The van der Waals surface area contributed by atoms with Crippen molar-refractivity contribution >= 4 is 27.8 Å². The minimum atomic E-state index is -1.06. The van der Waals surface area contributed by atoms with Gasteiger partial charge in [0.15, 0.2) is 0 Å². The molecule has 92 valence electrons. The normalized spacial score (nSPS) is 9.76. The maximum absolute atomic E-state index is 11.0. The second-order valence-electron chi connectivity index (χ2n) is 3.22. The highest BCUT2D eigenvalue weighted by Crippen LogP contribution is 2.23. The Kier molecular flexibility index (Phi) is 4.96. The van der Waals surface area contributed by atoms with Crippen LogP contribution < -0.4 is 10.1 Å². The third-order valence-electron chi connectivity index (χ3n) is 2.04. The van der Waals surface area contributed by atoms with Gasteiger partial charge in [-0.15, -0.1) is 0 Å². The summed E-state index contributed by atoms with van der Waals surface area (Å²) in [7, 11) is 1.53. The molecule has 0 aromatic heterocycles. The van der Waals surface area contributed by atoms with Gasteiger partial charge in [0.2, 0.25) is 5.91 Å². The Morgan fingerprint density at radius 1 is 1.47 bits per heavy atom. The van der Waals surface area contributed by atoms with Gasteiger partial charge in [0.25, 0.3) is 0 Å². The van der Waals surface area contributed by atoms with Gasteiger partial charge in [-0.1, -0.05) is 15.9 Å². The summed E-state index contributed by atoms with van der Waals surface area (Å²) in [6.45, 7) is 0.135. The molecule has 0 aliphatic heterocycles. The Hall–Kier alpha value is -1.56. The summed E-state index contributed by atoms with van der Waals surface area (Å²) in [5, 5.41) is 11.4. The maximum atomic E-state index is 11.0. The molecule has 1 rings (SSSR count). The summed E-state index contributed by atoms with van der Waals surface area (Å²) >= 11 is 3.23. The standard InChI is InChI=1S/C11H12BrNO4/c1-13-10(14)4-5-17-9-6-7(12)2-3-8(9)11(15)16/h2-3,6H,4-5H2,1H3,(H,13,14)(H,15,16). The Morgan fingerprint density at radius 3 is 2.76 bits per heavy atom. The number of amides is 1. The van der Waals surface area contributed by atoms with Crippen LogP contribution >= 0.6 is 15.9 Å². The fraction of sp³-hybridized carbons (Fsp3) is 0.273. The van der Waals surface area contributed by atoms with Crippen LogP contribution in [0.1, 0.15) is 16.8 Å². The molecular formula is C11H12BrNO4. The molecule has 0 saturated heterocycles. The van der Waals surface area contributed by atoms with Gasteiger partial charge in [0.1, 0.15) is 11.3 Å². The minimum Gasteiger partial charge on any atom is -0.492 e. The van der Waals surface area contributed by atoms with Crippen LogP contribution in [0.3, 0.4) is 0 Å². The predicted molar refractivity (Wildman–Crippen MR) is 65.3 cm³/mol. The highest BCUT2D eigenvalue weighted by atomic mass is 79.9. The second kappa shape index (κ2) is 6.24. The molecule has 0 atom stereocenters. The Labute approximate surface area is 107 Å². The number of ether oxygens (including phenoxy) is 1. The third kappa shape index (κ3) is 4.07. The quantitative estimate of drug-likeness (QED) is 0.867. The minimum absolute atomic E-state index is 0.0742. The van der Waals surface area contributed by atoms with E-state index in [0.717, 1.165) is 4.47 Å². The Balaban J connectivity index is 2.72. The number of hydrogen-bond acceptors (Lipinski definition) is 3. The van der Waals surface area contributed by atoms with Gasteiger partial charge in [0, 0.05) is 11.5 Å². The van der Waals surface area contributed by atoms with Gasteiger partial charge in [-0.3, -0.25) is 4.79 Å². The molecule has 1 aromatic rings. The number of halogens is 1. The van der Waals surface area contributed by atoms with Crippen molar-refractivity contribution in [2.45, 2.75) is 6.42 Å². The van der Waals surface area contributed by atoms with Crippen molar-refractivity contribution in [1.82, 2.24) is 5.32 Å². The lowest BCUT2D eigenvalue weighted by Crippen LogP contribution is -2.20. The number of rotatable bonds is 5. The first-order valence-electron chi connectivity index (χ1n) is 4.91. The van der Waals surface area contributed by atoms with Crippen LogP contribution in [-0.4, -0.2) is 30.6 Å². The number of carbonyl (C=O) groups excluding carboxylic acids is 1. The molecule has 1 amide bonds.